The number of amides is 1. The third-order valence-electron chi connectivity index (χ3n) is 5.50. The Morgan fingerprint density at radius 2 is 1.94 bits per heavy atom. The smallest absolute Gasteiger partial charge is 0.332 e. The minimum absolute atomic E-state index is 0.128. The van der Waals surface area contributed by atoms with Crippen LogP contribution in [0.15, 0.2) is 27.8 Å². The molecule has 4 rings (SSSR count). The number of hydrogen-bond donors (Lipinski definition) is 1. The molecule has 32 heavy (non-hydrogen) atoms. The second-order valence-corrected chi connectivity index (χ2v) is 7.35. The molecule has 1 aromatic carbocycles. The van der Waals surface area contributed by atoms with Gasteiger partial charge in [-0.05, 0) is 37.6 Å². The predicted molar refractivity (Wildman–Crippen MR) is 120 cm³/mol. The lowest BCUT2D eigenvalue weighted by molar-refractivity contribution is -0.129. The van der Waals surface area contributed by atoms with Crippen LogP contribution in [-0.2, 0) is 24.9 Å². The Labute approximate surface area is 183 Å². The summed E-state index contributed by atoms with van der Waals surface area (Å²) in [5, 5.41) is 2.54. The molecule has 10 heteroatoms. The molecule has 1 atom stereocenters. The summed E-state index contributed by atoms with van der Waals surface area (Å²) >= 11 is 0. The Morgan fingerprint density at radius 3 is 2.62 bits per heavy atom. The van der Waals surface area contributed by atoms with Crippen molar-refractivity contribution in [2.75, 3.05) is 13.7 Å². The van der Waals surface area contributed by atoms with Gasteiger partial charge in [-0.25, -0.2) is 9.78 Å². The van der Waals surface area contributed by atoms with E-state index >= 15 is 0 Å². The minimum atomic E-state index is -0.683. The lowest BCUT2D eigenvalue weighted by Crippen LogP contribution is -2.42. The van der Waals surface area contributed by atoms with Crippen LogP contribution in [0.3, 0.4) is 0 Å². The monoisotopic (exact) mass is 439 g/mol. The number of carbonyl (C=O) groups excluding carboxylic acids is 1. The van der Waals surface area contributed by atoms with Crippen molar-refractivity contribution in [3.8, 4) is 11.5 Å². The van der Waals surface area contributed by atoms with Crippen molar-refractivity contribution >= 4 is 29.2 Å². The summed E-state index contributed by atoms with van der Waals surface area (Å²) in [4.78, 5) is 41.7. The minimum Gasteiger partial charge on any atom is -0.485 e. The third-order valence-corrected chi connectivity index (χ3v) is 5.50. The first kappa shape index (κ1) is 21.4. The molecular formula is C22H25N5O5. The number of aromatic nitrogens is 4. The average Bonchev–Trinajstić information content (AvgIpc) is 3.13. The van der Waals surface area contributed by atoms with Crippen LogP contribution in [0.4, 0.5) is 0 Å². The van der Waals surface area contributed by atoms with E-state index in [1.165, 1.54) is 9.13 Å². The largest absolute Gasteiger partial charge is 0.485 e. The van der Waals surface area contributed by atoms with Crippen molar-refractivity contribution in [2.24, 2.45) is 7.05 Å². The number of likely N-dealkylation sites (N-methyl/N-ethyl adjacent to an activating group) is 1. The van der Waals surface area contributed by atoms with Crippen molar-refractivity contribution in [3.63, 3.8) is 0 Å². The van der Waals surface area contributed by atoms with Gasteiger partial charge < -0.3 is 19.4 Å². The van der Waals surface area contributed by atoms with Crippen LogP contribution < -0.4 is 26.0 Å². The molecule has 0 aliphatic carbocycles. The summed E-state index contributed by atoms with van der Waals surface area (Å²) in [5.41, 5.74) is 0.878. The van der Waals surface area contributed by atoms with Gasteiger partial charge in [-0.2, -0.15) is 0 Å². The predicted octanol–water partition coefficient (Wildman–Crippen LogP) is 0.993. The van der Waals surface area contributed by atoms with Gasteiger partial charge in [0, 0.05) is 27.2 Å². The summed E-state index contributed by atoms with van der Waals surface area (Å²) in [7, 11) is 3.30. The topological polar surface area (TPSA) is 109 Å². The van der Waals surface area contributed by atoms with E-state index in [0.717, 1.165) is 5.56 Å². The molecule has 0 saturated carbocycles. The van der Waals surface area contributed by atoms with Crippen molar-refractivity contribution in [1.82, 2.24) is 24.0 Å². The number of carbonyl (C=O) groups is 1. The van der Waals surface area contributed by atoms with E-state index in [4.69, 9.17) is 9.47 Å². The van der Waals surface area contributed by atoms with Crippen molar-refractivity contribution in [3.05, 3.63) is 50.4 Å². The maximum absolute atomic E-state index is 12.8. The van der Waals surface area contributed by atoms with Gasteiger partial charge in [0.1, 0.15) is 12.4 Å². The van der Waals surface area contributed by atoms with E-state index < -0.39 is 6.10 Å². The van der Waals surface area contributed by atoms with Crippen LogP contribution in [0.2, 0.25) is 0 Å². The maximum atomic E-state index is 12.8. The van der Waals surface area contributed by atoms with E-state index in [1.54, 1.807) is 43.8 Å². The number of fused-ring (bicyclic) bond motifs is 2. The van der Waals surface area contributed by atoms with E-state index in [9.17, 15) is 14.4 Å². The Bertz CT molecular complexity index is 1350. The molecule has 3 heterocycles. The fourth-order valence-corrected chi connectivity index (χ4v) is 3.74. The molecule has 0 bridgehead atoms. The molecule has 1 amide bonds. The van der Waals surface area contributed by atoms with Crippen LogP contribution in [0.1, 0.15) is 25.2 Å². The van der Waals surface area contributed by atoms with Crippen LogP contribution in [0.25, 0.3) is 23.3 Å². The quantitative estimate of drug-likeness (QED) is 0.635. The van der Waals surface area contributed by atoms with Crippen LogP contribution in [-0.4, -0.2) is 44.4 Å². The molecule has 1 unspecified atom stereocenters. The van der Waals surface area contributed by atoms with E-state index in [-0.39, 0.29) is 23.8 Å². The molecule has 168 valence electrons. The first-order valence-electron chi connectivity index (χ1n) is 10.4. The molecule has 0 fully saturated rings. The van der Waals surface area contributed by atoms with Gasteiger partial charge in [0.05, 0.1) is 0 Å². The lowest BCUT2D eigenvalue weighted by atomic mass is 10.1. The Morgan fingerprint density at radius 1 is 1.19 bits per heavy atom. The van der Waals surface area contributed by atoms with Gasteiger partial charge in [0.25, 0.3) is 11.5 Å². The van der Waals surface area contributed by atoms with Crippen molar-refractivity contribution in [2.45, 2.75) is 33.0 Å². The number of benzene rings is 1. The molecule has 2 aromatic heterocycles. The first-order valence-corrected chi connectivity index (χ1v) is 10.4. The number of hydrogen-bond acceptors (Lipinski definition) is 6. The zero-order valence-electron chi connectivity index (χ0n) is 18.4. The molecule has 0 radical (unpaired) electrons. The average molecular weight is 439 g/mol. The summed E-state index contributed by atoms with van der Waals surface area (Å²) in [6, 6.07) is 5.38. The zero-order valence-corrected chi connectivity index (χ0v) is 18.4. The second-order valence-electron chi connectivity index (χ2n) is 7.35. The molecule has 3 aromatic rings. The maximum Gasteiger partial charge on any atom is 0.332 e. The number of nitrogens with one attached hydrogen (secondary N) is 1. The zero-order chi connectivity index (χ0) is 23.0. The highest BCUT2D eigenvalue weighted by Crippen LogP contribution is 2.33. The van der Waals surface area contributed by atoms with Crippen molar-refractivity contribution in [1.29, 1.82) is 0 Å². The highest BCUT2D eigenvalue weighted by atomic mass is 16.6. The number of ether oxygens (including phenoxy) is 2. The summed E-state index contributed by atoms with van der Waals surface area (Å²) in [5.74, 6) is 1.34. The number of imidazole rings is 1. The van der Waals surface area contributed by atoms with Gasteiger partial charge in [0.15, 0.2) is 22.7 Å². The van der Waals surface area contributed by atoms with Gasteiger partial charge in [-0.15, -0.1) is 0 Å². The normalized spacial score (nSPS) is 15.4. The fraction of sp³-hybridized carbons (Fsp3) is 0.364. The highest BCUT2D eigenvalue weighted by molar-refractivity contribution is 5.81. The number of nitrogens with zero attached hydrogens (tertiary/aromatic N) is 4. The highest BCUT2D eigenvalue weighted by Gasteiger charge is 2.26. The Balaban J connectivity index is 1.69. The Hall–Kier alpha value is -3.82. The second kappa shape index (κ2) is 8.37. The lowest BCUT2D eigenvalue weighted by Gasteiger charge is -2.25. The standard InChI is InChI=1S/C22H25N5O5/c1-5-26-19-18(21(29)27(6-2)22(26)30)25(4)17(24-19)10-8-13-7-9-14-15(11-13)31-12-16(32-14)20(28)23-3/h7-11,16H,5-6,12H2,1-4H3,(H,23,28). The summed E-state index contributed by atoms with van der Waals surface area (Å²) in [6.45, 7) is 4.45. The van der Waals surface area contributed by atoms with Crippen LogP contribution in [0, 0.1) is 0 Å². The molecular weight excluding hydrogens is 414 g/mol. The van der Waals surface area contributed by atoms with Crippen LogP contribution in [0.5, 0.6) is 11.5 Å². The number of aryl methyl sites for hydroxylation is 2. The Kier molecular flexibility index (Phi) is 5.60. The molecule has 10 nitrogen and oxygen atoms in total. The first-order chi connectivity index (χ1) is 15.4. The molecule has 1 N–H and O–H groups in total. The van der Waals surface area contributed by atoms with E-state index in [0.29, 0.717) is 41.6 Å². The molecule has 1 aliphatic rings. The molecule has 0 saturated heterocycles. The summed E-state index contributed by atoms with van der Waals surface area (Å²) < 4.78 is 15.8. The number of rotatable bonds is 5. The van der Waals surface area contributed by atoms with Gasteiger partial charge in [0.2, 0.25) is 6.10 Å². The third kappa shape index (κ3) is 3.47. The molecule has 0 spiro atoms. The van der Waals surface area contributed by atoms with Crippen LogP contribution >= 0.6 is 0 Å². The summed E-state index contributed by atoms with van der Waals surface area (Å²) in [6.07, 6.45) is 2.93. The van der Waals surface area contributed by atoms with Gasteiger partial charge in [-0.1, -0.05) is 12.1 Å². The van der Waals surface area contributed by atoms with Crippen molar-refractivity contribution < 1.29 is 14.3 Å². The van der Waals surface area contributed by atoms with Gasteiger partial charge >= 0.3 is 5.69 Å². The molecule has 1 aliphatic heterocycles. The van der Waals surface area contributed by atoms with Gasteiger partial charge in [-0.3, -0.25) is 18.7 Å². The fourth-order valence-electron chi connectivity index (χ4n) is 3.74. The van der Waals surface area contributed by atoms with E-state index in [2.05, 4.69) is 10.3 Å². The SMILES string of the molecule is CCn1c(=O)c2c(nc(C=Cc3ccc4c(c3)OCC(C(=O)NC)O4)n2C)n(CC)c1=O. The van der Waals surface area contributed by atoms with E-state index in [1.807, 2.05) is 19.1 Å².